The molecule has 11 heteroatoms. The molecule has 1 aliphatic rings. The predicted octanol–water partition coefficient (Wildman–Crippen LogP) is 14.4. The Labute approximate surface area is 391 Å². The smallest absolute Gasteiger partial charge is 0.143 e. The molecular weight excluding hydrogens is 861 g/mol. The molecule has 336 valence electrons. The van der Waals surface area contributed by atoms with Crippen LogP contribution in [0, 0.1) is 30.2 Å². The number of hydrogen-bond donors (Lipinski definition) is 0. The van der Waals surface area contributed by atoms with Crippen LogP contribution in [0.15, 0.2) is 170 Å². The molecule has 68 heavy (non-hydrogen) atoms. The van der Waals surface area contributed by atoms with Crippen LogP contribution in [0.3, 0.4) is 0 Å². The van der Waals surface area contributed by atoms with Gasteiger partial charge in [-0.25, -0.2) is 37.5 Å². The van der Waals surface area contributed by atoms with E-state index in [4.69, 9.17) is 24.7 Å². The van der Waals surface area contributed by atoms with E-state index in [0.717, 1.165) is 73.6 Å². The normalized spacial score (nSPS) is 11.8. The molecule has 4 heterocycles. The molecule has 0 spiro atoms. The van der Waals surface area contributed by atoms with Gasteiger partial charge in [-0.05, 0) is 169 Å². The molecule has 11 rings (SSSR count). The van der Waals surface area contributed by atoms with Gasteiger partial charge in [0.15, 0.2) is 0 Å². The number of benzene rings is 7. The topological polar surface area (TPSA) is 76.9 Å². The maximum atomic E-state index is 13.6. The first-order valence-corrected chi connectivity index (χ1v) is 22.2. The van der Waals surface area contributed by atoms with Gasteiger partial charge in [0.1, 0.15) is 35.6 Å². The number of aryl methyl sites for hydroxylation is 1. The monoisotopic (exact) mass is 904 g/mol. The number of nitrogens with zero attached hydrogens (tertiary/aromatic N) is 6. The van der Waals surface area contributed by atoms with E-state index in [2.05, 4.69) is 29.1 Å². The number of fused-ring (bicyclic) bond motifs is 3. The van der Waals surface area contributed by atoms with Crippen molar-refractivity contribution in [2.24, 2.45) is 0 Å². The van der Waals surface area contributed by atoms with E-state index >= 15 is 0 Å². The lowest BCUT2D eigenvalue weighted by molar-refractivity contribution is 0.311. The van der Waals surface area contributed by atoms with Crippen molar-refractivity contribution in [3.8, 4) is 73.0 Å². The number of aromatic nitrogens is 5. The Kier molecular flexibility index (Phi) is 13.0. The molecule has 0 bridgehead atoms. The second kappa shape index (κ2) is 19.7. The molecule has 0 amide bonds. The fourth-order valence-corrected chi connectivity index (χ4v) is 8.00. The van der Waals surface area contributed by atoms with Crippen LogP contribution in [0.2, 0.25) is 0 Å². The van der Waals surface area contributed by atoms with Crippen molar-refractivity contribution in [1.82, 2.24) is 24.9 Å². The average Bonchev–Trinajstić information content (AvgIpc) is 3.37. The molecule has 0 unspecified atom stereocenters. The zero-order valence-corrected chi connectivity index (χ0v) is 37.7. The van der Waals surface area contributed by atoms with E-state index in [-0.39, 0.29) is 23.3 Å². The zero-order chi connectivity index (χ0) is 47.3. The van der Waals surface area contributed by atoms with Crippen LogP contribution in [0.25, 0.3) is 89.4 Å². The first kappa shape index (κ1) is 44.9. The molecule has 0 aliphatic carbocycles. The van der Waals surface area contributed by atoms with Crippen molar-refractivity contribution >= 4 is 27.8 Å². The van der Waals surface area contributed by atoms with Crippen LogP contribution in [0.5, 0.6) is 5.75 Å². The molecule has 10 aromatic rings. The first-order valence-electron chi connectivity index (χ1n) is 22.2. The van der Waals surface area contributed by atoms with Gasteiger partial charge in [-0.3, -0.25) is 4.98 Å². The van der Waals surface area contributed by atoms with Crippen molar-refractivity contribution in [3.63, 3.8) is 0 Å². The van der Waals surface area contributed by atoms with E-state index in [1.807, 2.05) is 75.5 Å². The van der Waals surface area contributed by atoms with Crippen LogP contribution >= 0.6 is 0 Å². The van der Waals surface area contributed by atoms with Gasteiger partial charge in [0, 0.05) is 47.3 Å². The summed E-state index contributed by atoms with van der Waals surface area (Å²) in [6, 6.07) is 44.6. The van der Waals surface area contributed by atoms with E-state index in [9.17, 15) is 17.6 Å². The molecular formula is C57H44F4N6O. The highest BCUT2D eigenvalue weighted by Gasteiger charge is 2.19. The van der Waals surface area contributed by atoms with Crippen molar-refractivity contribution < 1.29 is 22.3 Å². The summed E-state index contributed by atoms with van der Waals surface area (Å²) in [6.45, 7) is 7.55. The highest BCUT2D eigenvalue weighted by Crippen LogP contribution is 2.38. The third-order valence-electron chi connectivity index (χ3n) is 11.5. The Morgan fingerprint density at radius 1 is 0.441 bits per heavy atom. The lowest BCUT2D eigenvalue weighted by atomic mass is 10.0. The summed E-state index contributed by atoms with van der Waals surface area (Å²) in [5, 5.41) is 0. The number of pyridine rings is 1. The van der Waals surface area contributed by atoms with E-state index < -0.39 is 0 Å². The Bertz CT molecular complexity index is 3400. The minimum absolute atomic E-state index is 0.322. The van der Waals surface area contributed by atoms with Gasteiger partial charge in [-0.1, -0.05) is 32.0 Å². The van der Waals surface area contributed by atoms with Gasteiger partial charge in [0.2, 0.25) is 0 Å². The number of rotatable bonds is 6. The molecule has 0 fully saturated rings. The maximum absolute atomic E-state index is 13.6. The van der Waals surface area contributed by atoms with Gasteiger partial charge in [-0.2, -0.15) is 0 Å². The van der Waals surface area contributed by atoms with Gasteiger partial charge in [0.05, 0.1) is 57.1 Å². The van der Waals surface area contributed by atoms with E-state index in [1.54, 1.807) is 54.7 Å². The summed E-state index contributed by atoms with van der Waals surface area (Å²) < 4.78 is 60.1. The van der Waals surface area contributed by atoms with Crippen LogP contribution in [0.1, 0.15) is 19.4 Å². The number of halogens is 4. The lowest BCUT2D eigenvalue weighted by Crippen LogP contribution is -2.28. The van der Waals surface area contributed by atoms with Gasteiger partial charge >= 0.3 is 0 Å². The third-order valence-corrected chi connectivity index (χ3v) is 11.5. The third kappa shape index (κ3) is 9.50. The van der Waals surface area contributed by atoms with Crippen molar-refractivity contribution in [3.05, 3.63) is 199 Å². The summed E-state index contributed by atoms with van der Waals surface area (Å²) in [7, 11) is 2.06. The molecule has 0 atom stereocenters. The highest BCUT2D eigenvalue weighted by atomic mass is 19.1. The standard InChI is InChI=1S/C29H21F2N3O.C26H17F2N3.C2H6/c1-34-14-15-35-27-17-21(7-13-26(27)34)20-6-12-24-25(16-20)33-29(19-4-10-23(31)11-5-19)28(32-24)18-2-8-22(30)9-3-18;1-16-12-13-29-15-22(16)19-6-11-23-24(14-19)31-26(18-4-9-21(28)10-5-18)25(30-23)17-2-7-20(27)8-3-17;1-2/h2-13,16-17H,14-15H2,1H3;2-15H,1H3;1-2H3. The van der Waals surface area contributed by atoms with Crippen LogP contribution in [-0.2, 0) is 0 Å². The molecule has 0 N–H and O–H groups in total. The molecule has 0 radical (unpaired) electrons. The fourth-order valence-electron chi connectivity index (χ4n) is 8.00. The predicted molar refractivity (Wildman–Crippen MR) is 264 cm³/mol. The minimum Gasteiger partial charge on any atom is -0.490 e. The number of likely N-dealkylation sites (N-methyl/N-ethyl adjacent to an activating group) is 1. The largest absolute Gasteiger partial charge is 0.490 e. The van der Waals surface area contributed by atoms with Crippen molar-refractivity contribution in [2.75, 3.05) is 25.1 Å². The highest BCUT2D eigenvalue weighted by molar-refractivity contribution is 5.90. The maximum Gasteiger partial charge on any atom is 0.143 e. The molecule has 7 nitrogen and oxygen atoms in total. The van der Waals surface area contributed by atoms with Crippen molar-refractivity contribution in [2.45, 2.75) is 20.8 Å². The number of hydrogen-bond acceptors (Lipinski definition) is 7. The fraction of sp³-hybridized carbons (Fsp3) is 0.105. The van der Waals surface area contributed by atoms with Crippen LogP contribution < -0.4 is 9.64 Å². The molecule has 0 saturated carbocycles. The van der Waals surface area contributed by atoms with Crippen LogP contribution in [-0.4, -0.2) is 45.1 Å². The Hall–Kier alpha value is -8.31. The second-order valence-corrected chi connectivity index (χ2v) is 15.9. The first-order chi connectivity index (χ1) is 33.1. The number of ether oxygens (including phenoxy) is 1. The van der Waals surface area contributed by atoms with E-state index in [0.29, 0.717) is 45.9 Å². The summed E-state index contributed by atoms with van der Waals surface area (Å²) in [4.78, 5) is 26.0. The average molecular weight is 905 g/mol. The molecule has 3 aromatic heterocycles. The molecule has 7 aromatic carbocycles. The second-order valence-electron chi connectivity index (χ2n) is 15.9. The van der Waals surface area contributed by atoms with Gasteiger partial charge in [0.25, 0.3) is 0 Å². The van der Waals surface area contributed by atoms with Gasteiger partial charge < -0.3 is 9.64 Å². The summed E-state index contributed by atoms with van der Waals surface area (Å²) in [5.41, 5.74) is 14.5. The van der Waals surface area contributed by atoms with Crippen LogP contribution in [0.4, 0.5) is 23.2 Å². The SMILES string of the molecule is CC.CN1CCOc2cc(-c3ccc4nc(-c5ccc(F)cc5)c(-c5ccc(F)cc5)nc4c3)ccc21.Cc1ccncc1-c1ccc2nc(-c3ccc(F)cc3)c(-c3ccc(F)cc3)nc2c1. The Balaban J connectivity index is 0.000000165. The zero-order valence-electron chi connectivity index (χ0n) is 37.7. The van der Waals surface area contributed by atoms with E-state index in [1.165, 1.54) is 48.5 Å². The Morgan fingerprint density at radius 3 is 1.28 bits per heavy atom. The lowest BCUT2D eigenvalue weighted by Gasteiger charge is -2.28. The minimum atomic E-state index is -0.326. The molecule has 0 saturated heterocycles. The van der Waals surface area contributed by atoms with Crippen molar-refractivity contribution in [1.29, 1.82) is 0 Å². The summed E-state index contributed by atoms with van der Waals surface area (Å²) in [6.07, 6.45) is 3.60. The molecule has 1 aliphatic heterocycles. The summed E-state index contributed by atoms with van der Waals surface area (Å²) in [5.74, 6) is -0.433. The summed E-state index contributed by atoms with van der Waals surface area (Å²) >= 11 is 0. The quantitative estimate of drug-likeness (QED) is 0.154. The Morgan fingerprint density at radius 2 is 0.824 bits per heavy atom. The van der Waals surface area contributed by atoms with Gasteiger partial charge in [-0.15, -0.1) is 0 Å². The number of anilines is 1.